The Hall–Kier alpha value is -3.38. The van der Waals surface area contributed by atoms with Gasteiger partial charge in [-0.05, 0) is 39.8 Å². The lowest BCUT2D eigenvalue weighted by molar-refractivity contribution is -0.0382. The van der Waals surface area contributed by atoms with E-state index in [9.17, 15) is 9.59 Å². The van der Waals surface area contributed by atoms with Crippen molar-refractivity contribution in [2.75, 3.05) is 26.2 Å². The number of hydrogen-bond acceptors (Lipinski definition) is 8. The molecule has 0 bridgehead atoms. The summed E-state index contributed by atoms with van der Waals surface area (Å²) >= 11 is 11.8. The molecule has 0 N–H and O–H groups in total. The number of rotatable bonds is 4. The number of carbonyl (C=O) groups excluding carboxylic acids is 2. The highest BCUT2D eigenvalue weighted by Gasteiger charge is 2.59. The third-order valence-corrected chi connectivity index (χ3v) is 7.60. The Balaban J connectivity index is 1.44. The molecule has 2 aliphatic rings. The van der Waals surface area contributed by atoms with Crippen LogP contribution in [0.15, 0.2) is 35.0 Å². The second-order valence-electron chi connectivity index (χ2n) is 11.1. The van der Waals surface area contributed by atoms with Crippen molar-refractivity contribution in [2.24, 2.45) is 5.41 Å². The van der Waals surface area contributed by atoms with Gasteiger partial charge < -0.3 is 19.0 Å². The Morgan fingerprint density at radius 2 is 1.77 bits per heavy atom. The van der Waals surface area contributed by atoms with Crippen LogP contribution in [0.4, 0.5) is 13.6 Å². The molecule has 0 saturated carbocycles. The van der Waals surface area contributed by atoms with Gasteiger partial charge in [-0.25, -0.2) is 9.78 Å². The fourth-order valence-corrected chi connectivity index (χ4v) is 5.30. The third kappa shape index (κ3) is 5.22. The predicted molar refractivity (Wildman–Crippen MR) is 139 cm³/mol. The lowest BCUT2D eigenvalue weighted by atomic mass is 9.71. The van der Waals surface area contributed by atoms with Crippen molar-refractivity contribution in [1.82, 2.24) is 30.0 Å². The van der Waals surface area contributed by atoms with Crippen LogP contribution in [0, 0.1) is 12.3 Å². The van der Waals surface area contributed by atoms with Crippen LogP contribution in [-0.2, 0) is 10.7 Å². The smallest absolute Gasteiger partial charge is 0.410 e. The van der Waals surface area contributed by atoms with E-state index in [0.29, 0.717) is 5.69 Å². The van der Waals surface area contributed by atoms with E-state index in [1.165, 1.54) is 23.4 Å². The summed E-state index contributed by atoms with van der Waals surface area (Å²) in [5, 5.41) is 7.70. The Kier molecular flexibility index (Phi) is 6.98. The molecular formula is C26H26Cl2F2N6O4. The van der Waals surface area contributed by atoms with Crippen LogP contribution < -0.4 is 0 Å². The van der Waals surface area contributed by atoms with Gasteiger partial charge in [0.2, 0.25) is 5.89 Å². The lowest BCUT2D eigenvalue weighted by Crippen LogP contribution is -2.62. The summed E-state index contributed by atoms with van der Waals surface area (Å²) in [5.74, 6) is -5.65. The topological polar surface area (TPSA) is 115 Å². The maximum absolute atomic E-state index is 15.3. The number of aryl methyl sites for hydroxylation is 1. The van der Waals surface area contributed by atoms with E-state index in [1.807, 2.05) is 0 Å². The van der Waals surface area contributed by atoms with Crippen molar-refractivity contribution in [1.29, 1.82) is 0 Å². The monoisotopic (exact) mass is 594 g/mol. The Morgan fingerprint density at radius 3 is 2.42 bits per heavy atom. The number of halogens is 4. The van der Waals surface area contributed by atoms with Crippen LogP contribution >= 0.6 is 23.2 Å². The van der Waals surface area contributed by atoms with Gasteiger partial charge >= 0.3 is 12.0 Å². The van der Waals surface area contributed by atoms with E-state index >= 15 is 8.78 Å². The van der Waals surface area contributed by atoms with Gasteiger partial charge in [0.05, 0.1) is 27.9 Å². The maximum atomic E-state index is 15.3. The number of carbonyl (C=O) groups is 2. The number of amides is 2. The first-order chi connectivity index (χ1) is 18.7. The van der Waals surface area contributed by atoms with Crippen molar-refractivity contribution in [3.8, 4) is 0 Å². The van der Waals surface area contributed by atoms with Crippen LogP contribution in [0.25, 0.3) is 0 Å². The van der Waals surface area contributed by atoms with Crippen LogP contribution in [0.1, 0.15) is 60.2 Å². The molecule has 2 amide bonds. The van der Waals surface area contributed by atoms with Gasteiger partial charge in [0, 0.05) is 43.4 Å². The van der Waals surface area contributed by atoms with Gasteiger partial charge in [0.15, 0.2) is 0 Å². The van der Waals surface area contributed by atoms with Gasteiger partial charge in [0.25, 0.3) is 11.8 Å². The van der Waals surface area contributed by atoms with Crippen molar-refractivity contribution in [2.45, 2.75) is 45.1 Å². The summed E-state index contributed by atoms with van der Waals surface area (Å²) < 4.78 is 41.7. The fourth-order valence-electron chi connectivity index (χ4n) is 5.00. The minimum Gasteiger partial charge on any atom is -0.444 e. The van der Waals surface area contributed by atoms with E-state index in [1.54, 1.807) is 32.6 Å². The summed E-state index contributed by atoms with van der Waals surface area (Å²) in [6, 6.07) is 3.43. The quantitative estimate of drug-likeness (QED) is 0.410. The van der Waals surface area contributed by atoms with Gasteiger partial charge in [-0.3, -0.25) is 9.78 Å². The summed E-state index contributed by atoms with van der Waals surface area (Å²) in [4.78, 5) is 37.4. The molecule has 2 saturated heterocycles. The molecule has 3 aromatic rings. The first-order valence-corrected chi connectivity index (χ1v) is 13.2. The molecule has 4 heterocycles. The molecule has 0 aliphatic carbocycles. The highest BCUT2D eigenvalue weighted by molar-refractivity contribution is 6.42. The Labute approximate surface area is 238 Å². The van der Waals surface area contributed by atoms with E-state index in [-0.39, 0.29) is 53.7 Å². The standard InChI is InChI=1S/C26H26Cl2F2N6O4/c1-14-8-31-9-19(32-14)21(37)35-10-16(25(11-35)12-36(13-25)23(38)40-24(2,3)4)20-33-34-22(39-20)26(29,30)15-5-6-17(27)18(28)7-15/h5-9,16H,10-13H2,1-4H3. The SMILES string of the molecule is Cc1cncc(C(=O)N2CC(c3nnc(C(F)(F)c4ccc(Cl)c(Cl)c4)o3)C3(CN(C(=O)OC(C)(C)C)C3)C2)n1. The molecule has 2 fully saturated rings. The van der Waals surface area contributed by atoms with Crippen LogP contribution in [0.3, 0.4) is 0 Å². The van der Waals surface area contributed by atoms with Crippen molar-refractivity contribution >= 4 is 35.2 Å². The zero-order chi connectivity index (χ0) is 29.0. The normalized spacial score (nSPS) is 18.6. The average molecular weight is 595 g/mol. The summed E-state index contributed by atoms with van der Waals surface area (Å²) in [6.45, 7) is 7.72. The number of nitrogens with zero attached hydrogens (tertiary/aromatic N) is 6. The molecule has 2 aromatic heterocycles. The molecule has 10 nitrogen and oxygen atoms in total. The second-order valence-corrected chi connectivity index (χ2v) is 11.9. The molecule has 1 aromatic carbocycles. The van der Waals surface area contributed by atoms with Crippen molar-refractivity contribution in [3.63, 3.8) is 0 Å². The molecule has 2 aliphatic heterocycles. The van der Waals surface area contributed by atoms with Crippen molar-refractivity contribution in [3.05, 3.63) is 69.4 Å². The zero-order valence-electron chi connectivity index (χ0n) is 22.1. The second kappa shape index (κ2) is 9.91. The number of ether oxygens (including phenoxy) is 1. The largest absolute Gasteiger partial charge is 0.444 e. The van der Waals surface area contributed by atoms with E-state index in [4.69, 9.17) is 32.4 Å². The van der Waals surface area contributed by atoms with Crippen LogP contribution in [0.2, 0.25) is 10.0 Å². The first kappa shape index (κ1) is 28.2. The molecular weight excluding hydrogens is 569 g/mol. The lowest BCUT2D eigenvalue weighted by Gasteiger charge is -2.49. The molecule has 14 heteroatoms. The van der Waals surface area contributed by atoms with E-state index in [2.05, 4.69) is 20.2 Å². The molecule has 1 atom stereocenters. The number of likely N-dealkylation sites (tertiary alicyclic amines) is 2. The number of hydrogen-bond donors (Lipinski definition) is 0. The molecule has 0 radical (unpaired) electrons. The molecule has 1 unspecified atom stereocenters. The first-order valence-electron chi connectivity index (χ1n) is 12.4. The number of alkyl halides is 2. The fraction of sp³-hybridized carbons (Fsp3) is 0.462. The highest BCUT2D eigenvalue weighted by Crippen LogP contribution is 2.50. The molecule has 1 spiro atoms. The summed E-state index contributed by atoms with van der Waals surface area (Å²) in [7, 11) is 0. The van der Waals surface area contributed by atoms with Crippen LogP contribution in [-0.4, -0.2) is 73.7 Å². The van der Waals surface area contributed by atoms with Crippen molar-refractivity contribution < 1.29 is 27.5 Å². The zero-order valence-corrected chi connectivity index (χ0v) is 23.6. The minimum absolute atomic E-state index is 0.0431. The van der Waals surface area contributed by atoms with Gasteiger partial charge in [-0.2, -0.15) is 8.78 Å². The summed E-state index contributed by atoms with van der Waals surface area (Å²) in [5.41, 5.74) is -1.16. The van der Waals surface area contributed by atoms with E-state index in [0.717, 1.165) is 12.1 Å². The third-order valence-electron chi connectivity index (χ3n) is 6.86. The van der Waals surface area contributed by atoms with E-state index < -0.39 is 40.4 Å². The number of benzene rings is 1. The Bertz CT molecular complexity index is 1470. The maximum Gasteiger partial charge on any atom is 0.410 e. The van der Waals surface area contributed by atoms with Gasteiger partial charge in [-0.1, -0.05) is 29.3 Å². The summed E-state index contributed by atoms with van der Waals surface area (Å²) in [6.07, 6.45) is 2.39. The highest BCUT2D eigenvalue weighted by atomic mass is 35.5. The molecule has 5 rings (SSSR count). The van der Waals surface area contributed by atoms with Gasteiger partial charge in [0.1, 0.15) is 11.3 Å². The minimum atomic E-state index is -3.65. The average Bonchev–Trinajstić information content (AvgIpc) is 3.49. The van der Waals surface area contributed by atoms with Gasteiger partial charge in [-0.15, -0.1) is 10.2 Å². The van der Waals surface area contributed by atoms with Crippen LogP contribution in [0.5, 0.6) is 0 Å². The predicted octanol–water partition coefficient (Wildman–Crippen LogP) is 5.09. The molecule has 212 valence electrons. The number of aromatic nitrogens is 4. The molecule has 40 heavy (non-hydrogen) atoms. The Morgan fingerprint density at radius 1 is 1.07 bits per heavy atom.